The molecule has 0 aliphatic carbocycles. The van der Waals surface area contributed by atoms with Crippen LogP contribution in [0.15, 0.2) is 0 Å². The quantitative estimate of drug-likeness (QED) is 0.601. The number of carbonyl (C=O) groups is 3. The summed E-state index contributed by atoms with van der Waals surface area (Å²) in [5, 5.41) is 11.4. The van der Waals surface area contributed by atoms with E-state index in [1.54, 1.807) is 0 Å². The van der Waals surface area contributed by atoms with Gasteiger partial charge in [-0.05, 0) is 6.42 Å². The monoisotopic (exact) mass is 273 g/mol. The molecule has 1 aliphatic rings. The normalized spacial score (nSPS) is 20.7. The van der Waals surface area contributed by atoms with Gasteiger partial charge in [0, 0.05) is 6.54 Å². The van der Waals surface area contributed by atoms with Crippen molar-refractivity contribution in [3.05, 3.63) is 0 Å². The Morgan fingerprint density at radius 3 is 2.74 bits per heavy atom. The van der Waals surface area contributed by atoms with Crippen molar-refractivity contribution < 1.29 is 24.2 Å². The number of nitrogens with zero attached hydrogens (tertiary/aromatic N) is 1. The van der Waals surface area contributed by atoms with Crippen molar-refractivity contribution in [3.8, 4) is 0 Å². The minimum absolute atomic E-state index is 0.0360. The van der Waals surface area contributed by atoms with Gasteiger partial charge in [0.15, 0.2) is 0 Å². The van der Waals surface area contributed by atoms with Gasteiger partial charge in [-0.3, -0.25) is 4.79 Å². The van der Waals surface area contributed by atoms with Crippen molar-refractivity contribution in [2.75, 3.05) is 19.8 Å². The van der Waals surface area contributed by atoms with Crippen LogP contribution < -0.4 is 11.1 Å². The van der Waals surface area contributed by atoms with Crippen molar-refractivity contribution in [3.63, 3.8) is 0 Å². The molecule has 0 spiro atoms. The zero-order chi connectivity index (χ0) is 14.4. The molecule has 0 aromatic rings. The number of rotatable bonds is 5. The topological polar surface area (TPSA) is 122 Å². The minimum atomic E-state index is -1.10. The third-order valence-electron chi connectivity index (χ3n) is 2.89. The van der Waals surface area contributed by atoms with Crippen LogP contribution in [0.25, 0.3) is 0 Å². The second-order valence-corrected chi connectivity index (χ2v) is 4.32. The van der Waals surface area contributed by atoms with Gasteiger partial charge >= 0.3 is 12.0 Å². The Balaban J connectivity index is 2.68. The number of carbonyl (C=O) groups excluding carboxylic acids is 2. The maximum absolute atomic E-state index is 12.0. The Hall–Kier alpha value is -1.83. The van der Waals surface area contributed by atoms with Crippen LogP contribution in [0.3, 0.4) is 0 Å². The number of nitrogens with one attached hydrogen (secondary N) is 1. The van der Waals surface area contributed by atoms with Crippen LogP contribution in [0.2, 0.25) is 0 Å². The fraction of sp³-hybridized carbons (Fsp3) is 0.727. The van der Waals surface area contributed by atoms with E-state index in [1.165, 1.54) is 4.90 Å². The first kappa shape index (κ1) is 15.2. The molecule has 1 rings (SSSR count). The van der Waals surface area contributed by atoms with Gasteiger partial charge in [0.2, 0.25) is 5.91 Å². The molecule has 8 heteroatoms. The molecular formula is C11H19N3O5. The van der Waals surface area contributed by atoms with Crippen LogP contribution in [-0.4, -0.2) is 59.8 Å². The lowest BCUT2D eigenvalue weighted by molar-refractivity contribution is -0.139. The highest BCUT2D eigenvalue weighted by molar-refractivity contribution is 5.88. The lowest BCUT2D eigenvalue weighted by Gasteiger charge is -2.34. The largest absolute Gasteiger partial charge is 0.480 e. The summed E-state index contributed by atoms with van der Waals surface area (Å²) >= 11 is 0. The Morgan fingerprint density at radius 1 is 1.53 bits per heavy atom. The average molecular weight is 273 g/mol. The van der Waals surface area contributed by atoms with E-state index in [2.05, 4.69) is 5.32 Å². The van der Waals surface area contributed by atoms with E-state index in [1.807, 2.05) is 6.92 Å². The van der Waals surface area contributed by atoms with Crippen LogP contribution in [0.1, 0.15) is 19.8 Å². The minimum Gasteiger partial charge on any atom is -0.480 e. The molecule has 1 heterocycles. The molecule has 108 valence electrons. The van der Waals surface area contributed by atoms with E-state index in [0.717, 1.165) is 0 Å². The first-order chi connectivity index (χ1) is 8.97. The molecule has 0 aromatic carbocycles. The van der Waals surface area contributed by atoms with Crippen molar-refractivity contribution >= 4 is 17.9 Å². The highest BCUT2D eigenvalue weighted by atomic mass is 16.5. The number of carboxylic acids is 1. The Morgan fingerprint density at radius 2 is 2.21 bits per heavy atom. The van der Waals surface area contributed by atoms with Crippen LogP contribution in [0, 0.1) is 0 Å². The van der Waals surface area contributed by atoms with Crippen molar-refractivity contribution in [2.45, 2.75) is 31.8 Å². The molecule has 2 atom stereocenters. The summed E-state index contributed by atoms with van der Waals surface area (Å²) in [7, 11) is 0. The number of hydrogen-bond acceptors (Lipinski definition) is 4. The first-order valence-electron chi connectivity index (χ1n) is 6.14. The third-order valence-corrected chi connectivity index (χ3v) is 2.89. The fourth-order valence-electron chi connectivity index (χ4n) is 1.86. The maximum atomic E-state index is 12.0. The molecule has 0 saturated carbocycles. The molecule has 3 amide bonds. The Bertz CT molecular complexity index is 360. The van der Waals surface area contributed by atoms with Gasteiger partial charge in [0.05, 0.1) is 13.2 Å². The van der Waals surface area contributed by atoms with E-state index < -0.39 is 30.0 Å². The summed E-state index contributed by atoms with van der Waals surface area (Å²) in [6.07, 6.45) is 0.951. The second-order valence-electron chi connectivity index (χ2n) is 4.32. The number of urea groups is 1. The molecule has 19 heavy (non-hydrogen) atoms. The van der Waals surface area contributed by atoms with Gasteiger partial charge in [0.25, 0.3) is 0 Å². The Labute approximate surface area is 110 Å². The highest BCUT2D eigenvalue weighted by Gasteiger charge is 2.33. The van der Waals surface area contributed by atoms with Gasteiger partial charge in [-0.2, -0.15) is 0 Å². The zero-order valence-electron chi connectivity index (χ0n) is 10.8. The standard InChI is InChI=1S/C11H19N3O5/c1-2-3-7(10(16)17)13-11(18)14-4-5-19-6-8(14)9(12)15/h7-8H,2-6H2,1H3,(H2,12,15)(H,13,18)(H,16,17)/t7-,8?/m0/s1. The lowest BCUT2D eigenvalue weighted by atomic mass is 10.1. The molecule has 0 aromatic heterocycles. The fourth-order valence-corrected chi connectivity index (χ4v) is 1.86. The number of primary amides is 1. The number of amides is 3. The lowest BCUT2D eigenvalue weighted by Crippen LogP contribution is -2.59. The van der Waals surface area contributed by atoms with Gasteiger partial charge in [0.1, 0.15) is 12.1 Å². The van der Waals surface area contributed by atoms with Crippen LogP contribution in [0.4, 0.5) is 4.79 Å². The van der Waals surface area contributed by atoms with Crippen LogP contribution in [0.5, 0.6) is 0 Å². The molecule has 0 bridgehead atoms. The average Bonchev–Trinajstić information content (AvgIpc) is 2.37. The number of carboxylic acid groups (broad SMARTS) is 1. The highest BCUT2D eigenvalue weighted by Crippen LogP contribution is 2.08. The SMILES string of the molecule is CCC[C@H](NC(=O)N1CCOCC1C(N)=O)C(=O)O. The van der Waals surface area contributed by atoms with Gasteiger partial charge < -0.3 is 25.8 Å². The number of hydrogen-bond donors (Lipinski definition) is 3. The molecule has 8 nitrogen and oxygen atoms in total. The molecular weight excluding hydrogens is 254 g/mol. The molecule has 4 N–H and O–H groups in total. The van der Waals surface area contributed by atoms with Gasteiger partial charge in [-0.15, -0.1) is 0 Å². The maximum Gasteiger partial charge on any atom is 0.326 e. The van der Waals surface area contributed by atoms with Crippen molar-refractivity contribution in [1.82, 2.24) is 10.2 Å². The molecule has 1 saturated heterocycles. The summed E-state index contributed by atoms with van der Waals surface area (Å²) in [6.45, 7) is 2.36. The predicted molar refractivity (Wildman–Crippen MR) is 65.4 cm³/mol. The summed E-state index contributed by atoms with van der Waals surface area (Å²) < 4.78 is 5.08. The third kappa shape index (κ3) is 4.09. The number of ether oxygens (including phenoxy) is 1. The van der Waals surface area contributed by atoms with Gasteiger partial charge in [-0.25, -0.2) is 9.59 Å². The molecule has 1 fully saturated rings. The van der Waals surface area contributed by atoms with E-state index in [4.69, 9.17) is 15.6 Å². The van der Waals surface area contributed by atoms with Crippen molar-refractivity contribution in [2.24, 2.45) is 5.73 Å². The van der Waals surface area contributed by atoms with Crippen LogP contribution >= 0.6 is 0 Å². The molecule has 1 aliphatic heterocycles. The second kappa shape index (κ2) is 6.93. The number of morpholine rings is 1. The van der Waals surface area contributed by atoms with Crippen LogP contribution in [-0.2, 0) is 14.3 Å². The summed E-state index contributed by atoms with van der Waals surface area (Å²) in [6, 6.07) is -2.42. The zero-order valence-corrected chi connectivity index (χ0v) is 10.8. The summed E-state index contributed by atoms with van der Waals surface area (Å²) in [5.74, 6) is -1.77. The summed E-state index contributed by atoms with van der Waals surface area (Å²) in [4.78, 5) is 35.4. The van der Waals surface area contributed by atoms with E-state index >= 15 is 0 Å². The van der Waals surface area contributed by atoms with Gasteiger partial charge in [-0.1, -0.05) is 13.3 Å². The van der Waals surface area contributed by atoms with Crippen molar-refractivity contribution in [1.29, 1.82) is 0 Å². The van der Waals surface area contributed by atoms with E-state index in [-0.39, 0.29) is 13.2 Å². The first-order valence-corrected chi connectivity index (χ1v) is 6.14. The molecule has 1 unspecified atom stereocenters. The summed E-state index contributed by atoms with van der Waals surface area (Å²) in [5.41, 5.74) is 5.19. The predicted octanol–water partition coefficient (Wildman–Crippen LogP) is -0.865. The Kier molecular flexibility index (Phi) is 5.56. The molecule has 0 radical (unpaired) electrons. The van der Waals surface area contributed by atoms with E-state index in [0.29, 0.717) is 19.4 Å². The van der Waals surface area contributed by atoms with E-state index in [9.17, 15) is 14.4 Å². The number of aliphatic carboxylic acids is 1. The number of nitrogens with two attached hydrogens (primary N) is 1. The smallest absolute Gasteiger partial charge is 0.326 e.